The number of aromatic nitrogens is 1. The molecule has 1 saturated heterocycles. The molecule has 5 heteroatoms. The van der Waals surface area contributed by atoms with Gasteiger partial charge in [-0.1, -0.05) is 23.4 Å². The lowest BCUT2D eigenvalue weighted by Crippen LogP contribution is -2.31. The van der Waals surface area contributed by atoms with Gasteiger partial charge in [-0.3, -0.25) is 4.79 Å². The highest BCUT2D eigenvalue weighted by Crippen LogP contribution is 2.22. The molecular weight excluding hydrogens is 278 g/mol. The monoisotopic (exact) mass is 299 g/mol. The molecule has 2 aromatic rings. The van der Waals surface area contributed by atoms with Crippen molar-refractivity contribution in [3.05, 3.63) is 47.9 Å². The molecule has 1 fully saturated rings. The first kappa shape index (κ1) is 14.6. The summed E-state index contributed by atoms with van der Waals surface area (Å²) < 4.78 is 5.06. The van der Waals surface area contributed by atoms with Crippen molar-refractivity contribution in [2.75, 3.05) is 24.5 Å². The lowest BCUT2D eigenvalue weighted by atomic mass is 10.1. The topological polar surface area (TPSA) is 58.4 Å². The number of carbonyl (C=O) groups is 1. The Labute approximate surface area is 130 Å². The van der Waals surface area contributed by atoms with Crippen molar-refractivity contribution in [3.63, 3.8) is 0 Å². The molecule has 1 unspecified atom stereocenters. The fourth-order valence-corrected chi connectivity index (χ4v) is 2.85. The van der Waals surface area contributed by atoms with E-state index in [4.69, 9.17) is 4.52 Å². The molecule has 116 valence electrons. The Morgan fingerprint density at radius 3 is 2.95 bits per heavy atom. The molecule has 1 N–H and O–H groups in total. The van der Waals surface area contributed by atoms with Crippen LogP contribution in [0, 0.1) is 12.8 Å². The van der Waals surface area contributed by atoms with E-state index in [-0.39, 0.29) is 12.3 Å². The first-order valence-corrected chi connectivity index (χ1v) is 7.69. The zero-order chi connectivity index (χ0) is 15.4. The molecule has 1 amide bonds. The van der Waals surface area contributed by atoms with Gasteiger partial charge in [-0.05, 0) is 31.4 Å². The van der Waals surface area contributed by atoms with Gasteiger partial charge in [0.1, 0.15) is 5.76 Å². The predicted molar refractivity (Wildman–Crippen MR) is 84.7 cm³/mol. The molecule has 0 spiro atoms. The van der Waals surface area contributed by atoms with E-state index in [1.54, 1.807) is 6.07 Å². The van der Waals surface area contributed by atoms with Crippen LogP contribution in [0.2, 0.25) is 0 Å². The standard InChI is InChI=1S/C17H21N3O2/c1-13-9-16(22-19-13)10-17(21)18-11-14-7-8-20(12-14)15-5-3-2-4-6-15/h2-6,9,14H,7-8,10-12H2,1H3,(H,18,21). The average molecular weight is 299 g/mol. The van der Waals surface area contributed by atoms with Crippen LogP contribution in [0.5, 0.6) is 0 Å². The zero-order valence-corrected chi connectivity index (χ0v) is 12.8. The van der Waals surface area contributed by atoms with Gasteiger partial charge in [0.25, 0.3) is 0 Å². The van der Waals surface area contributed by atoms with Crippen molar-refractivity contribution in [2.24, 2.45) is 5.92 Å². The fraction of sp³-hybridized carbons (Fsp3) is 0.412. The van der Waals surface area contributed by atoms with Gasteiger partial charge in [-0.15, -0.1) is 0 Å². The van der Waals surface area contributed by atoms with Gasteiger partial charge in [-0.25, -0.2) is 0 Å². The predicted octanol–water partition coefficient (Wildman–Crippen LogP) is 2.17. The third-order valence-electron chi connectivity index (χ3n) is 4.01. The van der Waals surface area contributed by atoms with E-state index >= 15 is 0 Å². The Hall–Kier alpha value is -2.30. The third kappa shape index (κ3) is 3.67. The van der Waals surface area contributed by atoms with Gasteiger partial charge in [-0.2, -0.15) is 0 Å². The molecular formula is C17H21N3O2. The Balaban J connectivity index is 1.44. The molecule has 5 nitrogen and oxygen atoms in total. The number of nitrogens with one attached hydrogen (secondary N) is 1. The normalized spacial score (nSPS) is 17.7. The molecule has 0 aliphatic carbocycles. The summed E-state index contributed by atoms with van der Waals surface area (Å²) in [5.41, 5.74) is 2.06. The van der Waals surface area contributed by atoms with Crippen LogP contribution >= 0.6 is 0 Å². The maximum absolute atomic E-state index is 11.9. The molecule has 0 saturated carbocycles. The van der Waals surface area contributed by atoms with E-state index in [2.05, 4.69) is 39.6 Å². The number of amides is 1. The minimum atomic E-state index is -0.00527. The van der Waals surface area contributed by atoms with E-state index < -0.39 is 0 Å². The summed E-state index contributed by atoms with van der Waals surface area (Å²) in [6.45, 7) is 4.61. The van der Waals surface area contributed by atoms with Crippen LogP contribution in [0.4, 0.5) is 5.69 Å². The number of anilines is 1. The van der Waals surface area contributed by atoms with Gasteiger partial charge < -0.3 is 14.7 Å². The Bertz CT molecular complexity index is 624. The van der Waals surface area contributed by atoms with Crippen LogP contribution in [-0.4, -0.2) is 30.7 Å². The van der Waals surface area contributed by atoms with Crippen molar-refractivity contribution in [3.8, 4) is 0 Å². The molecule has 2 heterocycles. The number of para-hydroxylation sites is 1. The highest BCUT2D eigenvalue weighted by atomic mass is 16.5. The van der Waals surface area contributed by atoms with Crippen LogP contribution in [0.15, 0.2) is 40.9 Å². The van der Waals surface area contributed by atoms with Crippen LogP contribution in [0.25, 0.3) is 0 Å². The van der Waals surface area contributed by atoms with E-state index in [1.165, 1.54) is 5.69 Å². The minimum Gasteiger partial charge on any atom is -0.371 e. The molecule has 1 aliphatic heterocycles. The number of rotatable bonds is 5. The largest absolute Gasteiger partial charge is 0.371 e. The molecule has 1 aromatic carbocycles. The minimum absolute atomic E-state index is 0.00527. The highest BCUT2D eigenvalue weighted by Gasteiger charge is 2.23. The maximum atomic E-state index is 11.9. The van der Waals surface area contributed by atoms with Crippen molar-refractivity contribution in [1.82, 2.24) is 10.5 Å². The summed E-state index contributed by atoms with van der Waals surface area (Å²) in [5, 5.41) is 6.79. The first-order chi connectivity index (χ1) is 10.7. The lowest BCUT2D eigenvalue weighted by molar-refractivity contribution is -0.120. The smallest absolute Gasteiger partial charge is 0.227 e. The van der Waals surface area contributed by atoms with Crippen molar-refractivity contribution >= 4 is 11.6 Å². The van der Waals surface area contributed by atoms with Gasteiger partial charge in [0, 0.05) is 31.4 Å². The van der Waals surface area contributed by atoms with Crippen molar-refractivity contribution in [2.45, 2.75) is 19.8 Å². The zero-order valence-electron chi connectivity index (χ0n) is 12.8. The second kappa shape index (κ2) is 6.64. The fourth-order valence-electron chi connectivity index (χ4n) is 2.85. The van der Waals surface area contributed by atoms with Crippen LogP contribution in [0.3, 0.4) is 0 Å². The summed E-state index contributed by atoms with van der Waals surface area (Å²) >= 11 is 0. The van der Waals surface area contributed by atoms with Crippen LogP contribution in [0.1, 0.15) is 17.9 Å². The first-order valence-electron chi connectivity index (χ1n) is 7.69. The summed E-state index contributed by atoms with van der Waals surface area (Å²) in [4.78, 5) is 14.3. The summed E-state index contributed by atoms with van der Waals surface area (Å²) in [5.74, 6) is 1.11. The SMILES string of the molecule is Cc1cc(CC(=O)NCC2CCN(c3ccccc3)C2)on1. The molecule has 0 bridgehead atoms. The molecule has 1 aromatic heterocycles. The van der Waals surface area contributed by atoms with Gasteiger partial charge in [0.15, 0.2) is 0 Å². The summed E-state index contributed by atoms with van der Waals surface area (Å²) in [6.07, 6.45) is 1.37. The highest BCUT2D eigenvalue weighted by molar-refractivity contribution is 5.77. The molecule has 0 radical (unpaired) electrons. The molecule has 22 heavy (non-hydrogen) atoms. The van der Waals surface area contributed by atoms with Crippen molar-refractivity contribution in [1.29, 1.82) is 0 Å². The Kier molecular flexibility index (Phi) is 4.42. The van der Waals surface area contributed by atoms with E-state index in [9.17, 15) is 4.79 Å². The van der Waals surface area contributed by atoms with E-state index in [1.807, 2.05) is 13.0 Å². The molecule has 1 aliphatic rings. The number of nitrogens with zero attached hydrogens (tertiary/aromatic N) is 2. The number of hydrogen-bond donors (Lipinski definition) is 1. The second-order valence-corrected chi connectivity index (χ2v) is 5.85. The number of aryl methyl sites for hydroxylation is 1. The van der Waals surface area contributed by atoms with Gasteiger partial charge in [0.2, 0.25) is 5.91 Å². The van der Waals surface area contributed by atoms with Crippen LogP contribution in [-0.2, 0) is 11.2 Å². The average Bonchev–Trinajstić information content (AvgIpc) is 3.15. The molecule has 1 atom stereocenters. The Morgan fingerprint density at radius 1 is 1.41 bits per heavy atom. The Morgan fingerprint density at radius 2 is 2.23 bits per heavy atom. The molecule has 3 rings (SSSR count). The third-order valence-corrected chi connectivity index (χ3v) is 4.01. The van der Waals surface area contributed by atoms with Gasteiger partial charge in [0.05, 0.1) is 12.1 Å². The maximum Gasteiger partial charge on any atom is 0.227 e. The second-order valence-electron chi connectivity index (χ2n) is 5.85. The quantitative estimate of drug-likeness (QED) is 0.919. The summed E-state index contributed by atoms with van der Waals surface area (Å²) in [7, 11) is 0. The van der Waals surface area contributed by atoms with E-state index in [0.29, 0.717) is 11.7 Å². The van der Waals surface area contributed by atoms with Gasteiger partial charge >= 0.3 is 0 Å². The number of benzene rings is 1. The number of hydrogen-bond acceptors (Lipinski definition) is 4. The van der Waals surface area contributed by atoms with E-state index in [0.717, 1.165) is 31.7 Å². The number of carbonyl (C=O) groups excluding carboxylic acids is 1. The van der Waals surface area contributed by atoms with Crippen LogP contribution < -0.4 is 10.2 Å². The van der Waals surface area contributed by atoms with Crippen molar-refractivity contribution < 1.29 is 9.32 Å². The lowest BCUT2D eigenvalue weighted by Gasteiger charge is -2.18. The summed E-state index contributed by atoms with van der Waals surface area (Å²) in [6, 6.07) is 12.2.